The lowest BCUT2D eigenvalue weighted by atomic mass is 9.75. The van der Waals surface area contributed by atoms with Crippen LogP contribution < -0.4 is 10.6 Å². The third kappa shape index (κ3) is 1.15. The van der Waals surface area contributed by atoms with E-state index in [1.807, 2.05) is 0 Å². The first kappa shape index (κ1) is 8.60. The molecule has 0 amide bonds. The molecule has 3 rings (SSSR count). The molecule has 0 aromatic heterocycles. The van der Waals surface area contributed by atoms with Crippen molar-refractivity contribution in [2.75, 3.05) is 17.2 Å². The average molecular weight is 253 g/mol. The maximum Gasteiger partial charge on any atom is 0.0721 e. The predicted octanol–water partition coefficient (Wildman–Crippen LogP) is 3.21. The van der Waals surface area contributed by atoms with Gasteiger partial charge in [0.25, 0.3) is 0 Å². The summed E-state index contributed by atoms with van der Waals surface area (Å²) in [4.78, 5) is 0. The second-order valence-corrected chi connectivity index (χ2v) is 5.13. The number of anilines is 2. The number of benzene rings is 1. The van der Waals surface area contributed by atoms with Crippen molar-refractivity contribution in [2.24, 2.45) is 0 Å². The molecule has 1 heterocycles. The minimum absolute atomic E-state index is 0.355. The zero-order chi connectivity index (χ0) is 9.60. The first-order valence-corrected chi connectivity index (χ1v) is 5.89. The Bertz CT molecular complexity index is 372. The minimum Gasteiger partial charge on any atom is -0.380 e. The Kier molecular flexibility index (Phi) is 1.78. The average Bonchev–Trinajstić information content (AvgIpc) is 2.15. The normalized spacial score (nSPS) is 21.8. The largest absolute Gasteiger partial charge is 0.380 e. The zero-order valence-corrected chi connectivity index (χ0v) is 9.52. The van der Waals surface area contributed by atoms with Crippen molar-refractivity contribution in [1.82, 2.24) is 0 Å². The molecule has 1 aliphatic carbocycles. The molecule has 2 aliphatic rings. The lowest BCUT2D eigenvalue weighted by Crippen LogP contribution is -2.52. The number of halogens is 1. The van der Waals surface area contributed by atoms with Gasteiger partial charge in [0.05, 0.1) is 16.9 Å². The van der Waals surface area contributed by atoms with Crippen molar-refractivity contribution in [1.29, 1.82) is 0 Å². The van der Waals surface area contributed by atoms with Crippen molar-refractivity contribution < 1.29 is 0 Å². The van der Waals surface area contributed by atoms with E-state index in [-0.39, 0.29) is 0 Å². The third-order valence-corrected chi connectivity index (χ3v) is 3.99. The smallest absolute Gasteiger partial charge is 0.0721 e. The van der Waals surface area contributed by atoms with Gasteiger partial charge in [-0.15, -0.1) is 0 Å². The van der Waals surface area contributed by atoms with E-state index in [0.29, 0.717) is 5.54 Å². The number of rotatable bonds is 0. The summed E-state index contributed by atoms with van der Waals surface area (Å²) in [5, 5.41) is 7.17. The highest BCUT2D eigenvalue weighted by Gasteiger charge is 2.39. The van der Waals surface area contributed by atoms with E-state index >= 15 is 0 Å². The Morgan fingerprint density at radius 2 is 2.14 bits per heavy atom. The van der Waals surface area contributed by atoms with E-state index in [1.165, 1.54) is 30.6 Å². The zero-order valence-electron chi connectivity index (χ0n) is 7.94. The second kappa shape index (κ2) is 2.89. The van der Waals surface area contributed by atoms with Gasteiger partial charge >= 0.3 is 0 Å². The van der Waals surface area contributed by atoms with E-state index in [4.69, 9.17) is 0 Å². The molecular formula is C11H13BrN2. The van der Waals surface area contributed by atoms with Gasteiger partial charge in [-0.05, 0) is 47.3 Å². The monoisotopic (exact) mass is 252 g/mol. The van der Waals surface area contributed by atoms with Gasteiger partial charge in [-0.3, -0.25) is 0 Å². The highest BCUT2D eigenvalue weighted by atomic mass is 79.9. The van der Waals surface area contributed by atoms with Crippen LogP contribution in [0.5, 0.6) is 0 Å². The minimum atomic E-state index is 0.355. The van der Waals surface area contributed by atoms with Gasteiger partial charge in [-0.2, -0.15) is 0 Å². The molecule has 1 aromatic rings. The van der Waals surface area contributed by atoms with Crippen LogP contribution in [0.4, 0.5) is 11.4 Å². The van der Waals surface area contributed by atoms with Crippen molar-refractivity contribution in [2.45, 2.75) is 24.8 Å². The lowest BCUT2D eigenvalue weighted by molar-refractivity contribution is 0.291. The van der Waals surface area contributed by atoms with E-state index in [9.17, 15) is 0 Å². The number of para-hydroxylation sites is 1. The maximum atomic E-state index is 3.66. The van der Waals surface area contributed by atoms with Crippen molar-refractivity contribution in [3.05, 3.63) is 22.7 Å². The molecule has 0 atom stereocenters. The second-order valence-electron chi connectivity index (χ2n) is 4.27. The molecular weight excluding hydrogens is 240 g/mol. The molecule has 1 aromatic carbocycles. The third-order valence-electron chi connectivity index (χ3n) is 3.33. The summed E-state index contributed by atoms with van der Waals surface area (Å²) in [5.74, 6) is 0. The fourth-order valence-electron chi connectivity index (χ4n) is 2.30. The first-order chi connectivity index (χ1) is 6.79. The Hall–Kier alpha value is -0.700. The van der Waals surface area contributed by atoms with Crippen LogP contribution in [-0.2, 0) is 0 Å². The molecule has 2 N–H and O–H groups in total. The van der Waals surface area contributed by atoms with Crippen LogP contribution in [0.2, 0.25) is 0 Å². The standard InChI is InChI=1S/C11H13BrN2/c12-8-3-1-4-9-10(8)13-7-11(14-9)5-2-6-11/h1,3-4,13-14H,2,5-7H2. The van der Waals surface area contributed by atoms with Crippen molar-refractivity contribution >= 4 is 27.3 Å². The van der Waals surface area contributed by atoms with Gasteiger partial charge in [0.2, 0.25) is 0 Å². The molecule has 1 aliphatic heterocycles. The van der Waals surface area contributed by atoms with E-state index in [1.54, 1.807) is 0 Å². The summed E-state index contributed by atoms with van der Waals surface area (Å²) in [6, 6.07) is 6.30. The van der Waals surface area contributed by atoms with E-state index in [2.05, 4.69) is 44.8 Å². The first-order valence-electron chi connectivity index (χ1n) is 5.10. The van der Waals surface area contributed by atoms with Crippen LogP contribution in [0.1, 0.15) is 19.3 Å². The summed E-state index contributed by atoms with van der Waals surface area (Å²) >= 11 is 3.56. The highest BCUT2D eigenvalue weighted by Crippen LogP contribution is 2.43. The quantitative estimate of drug-likeness (QED) is 0.741. The number of hydrogen-bond donors (Lipinski definition) is 2. The van der Waals surface area contributed by atoms with Gasteiger partial charge in [-0.25, -0.2) is 0 Å². The number of fused-ring (bicyclic) bond motifs is 1. The van der Waals surface area contributed by atoms with E-state index < -0.39 is 0 Å². The van der Waals surface area contributed by atoms with Gasteiger partial charge in [0, 0.05) is 11.0 Å². The molecule has 1 spiro atoms. The van der Waals surface area contributed by atoms with Crippen molar-refractivity contribution in [3.63, 3.8) is 0 Å². The molecule has 0 saturated heterocycles. The molecule has 0 unspecified atom stereocenters. The summed E-state index contributed by atoms with van der Waals surface area (Å²) in [6.07, 6.45) is 3.95. The van der Waals surface area contributed by atoms with Crippen LogP contribution in [0, 0.1) is 0 Å². The van der Waals surface area contributed by atoms with Gasteiger partial charge in [0.1, 0.15) is 0 Å². The SMILES string of the molecule is Brc1cccc2c1NCC1(CCC1)N2. The summed E-state index contributed by atoms with van der Waals surface area (Å²) in [7, 11) is 0. The fourth-order valence-corrected chi connectivity index (χ4v) is 2.81. The Morgan fingerprint density at radius 1 is 1.29 bits per heavy atom. The van der Waals surface area contributed by atoms with Crippen LogP contribution in [-0.4, -0.2) is 12.1 Å². The summed E-state index contributed by atoms with van der Waals surface area (Å²) in [5.41, 5.74) is 2.81. The number of nitrogens with one attached hydrogen (secondary N) is 2. The Morgan fingerprint density at radius 3 is 2.86 bits per heavy atom. The molecule has 14 heavy (non-hydrogen) atoms. The molecule has 74 valence electrons. The van der Waals surface area contributed by atoms with Crippen LogP contribution in [0.25, 0.3) is 0 Å². The van der Waals surface area contributed by atoms with Crippen LogP contribution in [0.3, 0.4) is 0 Å². The predicted molar refractivity (Wildman–Crippen MR) is 62.8 cm³/mol. The molecule has 0 radical (unpaired) electrons. The molecule has 3 heteroatoms. The maximum absolute atomic E-state index is 3.66. The molecule has 2 nitrogen and oxygen atoms in total. The van der Waals surface area contributed by atoms with Crippen LogP contribution in [0.15, 0.2) is 22.7 Å². The topological polar surface area (TPSA) is 24.1 Å². The van der Waals surface area contributed by atoms with Gasteiger partial charge in [-0.1, -0.05) is 6.07 Å². The van der Waals surface area contributed by atoms with Gasteiger partial charge < -0.3 is 10.6 Å². The lowest BCUT2D eigenvalue weighted by Gasteiger charge is -2.47. The summed E-state index contributed by atoms with van der Waals surface area (Å²) in [6.45, 7) is 1.06. The van der Waals surface area contributed by atoms with E-state index in [0.717, 1.165) is 11.0 Å². The molecule has 0 bridgehead atoms. The Balaban J connectivity index is 1.98. The summed E-state index contributed by atoms with van der Waals surface area (Å²) < 4.78 is 1.15. The number of hydrogen-bond acceptors (Lipinski definition) is 2. The molecule has 1 fully saturated rings. The van der Waals surface area contributed by atoms with Gasteiger partial charge in [0.15, 0.2) is 0 Å². The Labute approximate surface area is 92.2 Å². The fraction of sp³-hybridized carbons (Fsp3) is 0.455. The molecule has 1 saturated carbocycles. The highest BCUT2D eigenvalue weighted by molar-refractivity contribution is 9.10. The van der Waals surface area contributed by atoms with Crippen molar-refractivity contribution in [3.8, 4) is 0 Å². The van der Waals surface area contributed by atoms with Crippen LogP contribution >= 0.6 is 15.9 Å².